The standard InChI is InChI=1S/C15H17F2N3OS/c1-10(2)8-20-14(5-6-18-20)19-15(21)9-22-13-4-3-11(16)7-12(13)17/h3-7,10H,8-9H2,1-2H3,(H,19,21). The van der Waals surface area contributed by atoms with E-state index < -0.39 is 11.6 Å². The molecule has 4 nitrogen and oxygen atoms in total. The number of nitrogens with zero attached hydrogens (tertiary/aromatic N) is 2. The number of aromatic nitrogens is 2. The van der Waals surface area contributed by atoms with Crippen molar-refractivity contribution in [1.82, 2.24) is 9.78 Å². The van der Waals surface area contributed by atoms with Crippen LogP contribution < -0.4 is 5.32 Å². The van der Waals surface area contributed by atoms with Gasteiger partial charge in [0.05, 0.1) is 11.9 Å². The molecule has 0 saturated heterocycles. The molecule has 0 radical (unpaired) electrons. The molecule has 0 spiro atoms. The lowest BCUT2D eigenvalue weighted by atomic mass is 10.2. The molecule has 0 saturated carbocycles. The van der Waals surface area contributed by atoms with E-state index in [4.69, 9.17) is 0 Å². The van der Waals surface area contributed by atoms with Crippen LogP contribution in [0.3, 0.4) is 0 Å². The third-order valence-corrected chi connectivity index (χ3v) is 3.82. The Balaban J connectivity index is 1.92. The summed E-state index contributed by atoms with van der Waals surface area (Å²) in [6, 6.07) is 5.01. The first-order valence-corrected chi connectivity index (χ1v) is 7.84. The Labute approximate surface area is 131 Å². The Hall–Kier alpha value is -1.89. The van der Waals surface area contributed by atoms with Gasteiger partial charge in [-0.05, 0) is 18.1 Å². The van der Waals surface area contributed by atoms with Crippen molar-refractivity contribution in [3.8, 4) is 0 Å². The van der Waals surface area contributed by atoms with E-state index in [9.17, 15) is 13.6 Å². The molecule has 0 unspecified atom stereocenters. The number of amides is 1. The van der Waals surface area contributed by atoms with Crippen LogP contribution in [0.1, 0.15) is 13.8 Å². The third-order valence-electron chi connectivity index (χ3n) is 2.77. The van der Waals surface area contributed by atoms with Gasteiger partial charge >= 0.3 is 0 Å². The second kappa shape index (κ2) is 7.40. The molecule has 1 amide bonds. The second-order valence-electron chi connectivity index (χ2n) is 5.20. The fourth-order valence-corrected chi connectivity index (χ4v) is 2.56. The Morgan fingerprint density at radius 3 is 2.82 bits per heavy atom. The lowest BCUT2D eigenvalue weighted by Gasteiger charge is -2.11. The summed E-state index contributed by atoms with van der Waals surface area (Å²) in [5.74, 6) is -0.516. The molecule has 2 rings (SSSR count). The SMILES string of the molecule is CC(C)Cn1nccc1NC(=O)CSc1ccc(F)cc1F. The molecule has 1 heterocycles. The van der Waals surface area contributed by atoms with E-state index in [1.54, 1.807) is 16.9 Å². The van der Waals surface area contributed by atoms with Gasteiger partial charge in [-0.2, -0.15) is 5.10 Å². The van der Waals surface area contributed by atoms with Crippen molar-refractivity contribution in [3.05, 3.63) is 42.1 Å². The highest BCUT2D eigenvalue weighted by atomic mass is 32.2. The maximum absolute atomic E-state index is 13.5. The van der Waals surface area contributed by atoms with Crippen LogP contribution in [0.4, 0.5) is 14.6 Å². The van der Waals surface area contributed by atoms with Gasteiger partial charge in [0.1, 0.15) is 17.5 Å². The second-order valence-corrected chi connectivity index (χ2v) is 6.22. The molecule has 22 heavy (non-hydrogen) atoms. The van der Waals surface area contributed by atoms with Crippen molar-refractivity contribution in [3.63, 3.8) is 0 Å². The Kier molecular flexibility index (Phi) is 5.54. The topological polar surface area (TPSA) is 46.9 Å². The molecule has 2 aromatic rings. The van der Waals surface area contributed by atoms with Crippen LogP contribution in [0.5, 0.6) is 0 Å². The average molecular weight is 325 g/mol. The van der Waals surface area contributed by atoms with Crippen LogP contribution in [-0.2, 0) is 11.3 Å². The highest BCUT2D eigenvalue weighted by Crippen LogP contribution is 2.22. The molecule has 7 heteroatoms. The predicted molar refractivity (Wildman–Crippen MR) is 82.8 cm³/mol. The van der Waals surface area contributed by atoms with E-state index >= 15 is 0 Å². The number of nitrogens with one attached hydrogen (secondary N) is 1. The maximum Gasteiger partial charge on any atom is 0.235 e. The minimum atomic E-state index is -0.664. The minimum Gasteiger partial charge on any atom is -0.310 e. The lowest BCUT2D eigenvalue weighted by Crippen LogP contribution is -2.18. The first kappa shape index (κ1) is 16.5. The van der Waals surface area contributed by atoms with Crippen LogP contribution in [0.25, 0.3) is 0 Å². The molecule has 0 fully saturated rings. The Morgan fingerprint density at radius 1 is 1.36 bits per heavy atom. The lowest BCUT2D eigenvalue weighted by molar-refractivity contribution is -0.113. The van der Waals surface area contributed by atoms with Gasteiger partial charge in [0.25, 0.3) is 0 Å². The monoisotopic (exact) mass is 325 g/mol. The zero-order chi connectivity index (χ0) is 16.1. The molecule has 0 aliphatic heterocycles. The summed E-state index contributed by atoms with van der Waals surface area (Å²) >= 11 is 1.02. The molecule has 0 bridgehead atoms. The summed E-state index contributed by atoms with van der Waals surface area (Å²) in [4.78, 5) is 12.2. The number of carbonyl (C=O) groups excluding carboxylic acids is 1. The van der Waals surface area contributed by atoms with E-state index in [0.717, 1.165) is 17.8 Å². The summed E-state index contributed by atoms with van der Waals surface area (Å²) in [6.07, 6.45) is 1.62. The summed E-state index contributed by atoms with van der Waals surface area (Å²) in [5.41, 5.74) is 0. The average Bonchev–Trinajstić information content (AvgIpc) is 2.84. The predicted octanol–water partition coefficient (Wildman–Crippen LogP) is 3.55. The first-order valence-electron chi connectivity index (χ1n) is 6.85. The van der Waals surface area contributed by atoms with Crippen molar-refractivity contribution >= 4 is 23.5 Å². The van der Waals surface area contributed by atoms with Gasteiger partial charge in [0.2, 0.25) is 5.91 Å². The number of anilines is 1. The molecule has 1 N–H and O–H groups in total. The number of hydrogen-bond acceptors (Lipinski definition) is 3. The molecule has 1 aromatic heterocycles. The van der Waals surface area contributed by atoms with Gasteiger partial charge < -0.3 is 5.32 Å². The number of carbonyl (C=O) groups is 1. The van der Waals surface area contributed by atoms with Crippen LogP contribution >= 0.6 is 11.8 Å². The number of benzene rings is 1. The number of rotatable bonds is 6. The molecular formula is C15H17F2N3OS. The van der Waals surface area contributed by atoms with Gasteiger partial charge in [-0.15, -0.1) is 11.8 Å². The zero-order valence-electron chi connectivity index (χ0n) is 12.3. The summed E-state index contributed by atoms with van der Waals surface area (Å²) in [7, 11) is 0. The van der Waals surface area contributed by atoms with Crippen LogP contribution in [0.2, 0.25) is 0 Å². The first-order chi connectivity index (χ1) is 10.5. The fourth-order valence-electron chi connectivity index (χ4n) is 1.84. The highest BCUT2D eigenvalue weighted by molar-refractivity contribution is 8.00. The van der Waals surface area contributed by atoms with E-state index in [-0.39, 0.29) is 16.6 Å². The molecule has 118 valence electrons. The van der Waals surface area contributed by atoms with E-state index in [0.29, 0.717) is 18.3 Å². The molecule has 1 aromatic carbocycles. The van der Waals surface area contributed by atoms with E-state index in [1.165, 1.54) is 12.1 Å². The van der Waals surface area contributed by atoms with Crippen LogP contribution in [0.15, 0.2) is 35.4 Å². The van der Waals surface area contributed by atoms with Gasteiger partial charge in [0, 0.05) is 23.6 Å². The number of hydrogen-bond donors (Lipinski definition) is 1. The summed E-state index contributed by atoms with van der Waals surface area (Å²) < 4.78 is 28.0. The molecule has 0 aliphatic carbocycles. The largest absolute Gasteiger partial charge is 0.310 e. The van der Waals surface area contributed by atoms with Crippen LogP contribution in [0, 0.1) is 17.6 Å². The Bertz CT molecular complexity index is 658. The van der Waals surface area contributed by atoms with Gasteiger partial charge in [-0.1, -0.05) is 13.8 Å². The van der Waals surface area contributed by atoms with Crippen molar-refractivity contribution < 1.29 is 13.6 Å². The molecule has 0 atom stereocenters. The minimum absolute atomic E-state index is 0.0371. The van der Waals surface area contributed by atoms with E-state index in [2.05, 4.69) is 24.3 Å². The molecular weight excluding hydrogens is 308 g/mol. The van der Waals surface area contributed by atoms with Crippen molar-refractivity contribution in [2.24, 2.45) is 5.92 Å². The molecule has 0 aliphatic rings. The van der Waals surface area contributed by atoms with Gasteiger partial charge in [-0.3, -0.25) is 4.79 Å². The van der Waals surface area contributed by atoms with Gasteiger partial charge in [-0.25, -0.2) is 13.5 Å². The summed E-state index contributed by atoms with van der Waals surface area (Å²) in [5, 5.41) is 6.89. The smallest absolute Gasteiger partial charge is 0.235 e. The highest BCUT2D eigenvalue weighted by Gasteiger charge is 2.11. The zero-order valence-corrected chi connectivity index (χ0v) is 13.2. The quantitative estimate of drug-likeness (QED) is 0.826. The third kappa shape index (κ3) is 4.56. The Morgan fingerprint density at radius 2 is 2.14 bits per heavy atom. The maximum atomic E-state index is 13.5. The van der Waals surface area contributed by atoms with Gasteiger partial charge in [0.15, 0.2) is 0 Å². The number of halogens is 2. The van der Waals surface area contributed by atoms with E-state index in [1.807, 2.05) is 0 Å². The number of thioether (sulfide) groups is 1. The normalized spacial score (nSPS) is 11.0. The van der Waals surface area contributed by atoms with Crippen molar-refractivity contribution in [2.45, 2.75) is 25.3 Å². The van der Waals surface area contributed by atoms with Crippen LogP contribution in [-0.4, -0.2) is 21.4 Å². The van der Waals surface area contributed by atoms with Crippen molar-refractivity contribution in [1.29, 1.82) is 0 Å². The van der Waals surface area contributed by atoms with Crippen molar-refractivity contribution in [2.75, 3.05) is 11.1 Å². The summed E-state index contributed by atoms with van der Waals surface area (Å²) in [6.45, 7) is 4.81. The fraction of sp³-hybridized carbons (Fsp3) is 0.333.